The molecule has 1 aromatic carbocycles. The normalized spacial score (nSPS) is 18.9. The van der Waals surface area contributed by atoms with E-state index in [-0.39, 0.29) is 30.1 Å². The molecular formula is C23H25ClN4O4. The van der Waals surface area contributed by atoms with Crippen molar-refractivity contribution in [2.45, 2.75) is 25.4 Å². The van der Waals surface area contributed by atoms with E-state index >= 15 is 0 Å². The Morgan fingerprint density at radius 2 is 2.16 bits per heavy atom. The quantitative estimate of drug-likeness (QED) is 0.612. The lowest BCUT2D eigenvalue weighted by atomic mass is 9.84. The van der Waals surface area contributed by atoms with Gasteiger partial charge in [-0.25, -0.2) is 0 Å². The van der Waals surface area contributed by atoms with Gasteiger partial charge < -0.3 is 24.5 Å². The van der Waals surface area contributed by atoms with Gasteiger partial charge in [-0.2, -0.15) is 0 Å². The van der Waals surface area contributed by atoms with Gasteiger partial charge in [0.1, 0.15) is 17.0 Å². The zero-order valence-electron chi connectivity index (χ0n) is 17.7. The molecule has 2 atom stereocenters. The van der Waals surface area contributed by atoms with Crippen LogP contribution in [0, 0.1) is 5.92 Å². The van der Waals surface area contributed by atoms with Crippen LogP contribution in [0.2, 0.25) is 0 Å². The predicted octanol–water partition coefficient (Wildman–Crippen LogP) is 2.57. The van der Waals surface area contributed by atoms with Gasteiger partial charge in [-0.05, 0) is 43.1 Å². The summed E-state index contributed by atoms with van der Waals surface area (Å²) in [6, 6.07) is 12.8. The maximum atomic E-state index is 13.0. The van der Waals surface area contributed by atoms with E-state index in [2.05, 4.69) is 15.8 Å². The molecule has 2 aliphatic rings. The molecule has 0 aliphatic carbocycles. The summed E-state index contributed by atoms with van der Waals surface area (Å²) < 4.78 is 12.4. The molecule has 2 N–H and O–H groups in total. The Kier molecular flexibility index (Phi) is 6.34. The molecule has 0 saturated carbocycles. The summed E-state index contributed by atoms with van der Waals surface area (Å²) in [4.78, 5) is 25.7. The first-order valence-electron chi connectivity index (χ1n) is 10.4. The number of rotatable bonds is 5. The standard InChI is InChI=1S/C23H24N4O4.ClH/c1-30-17-4-2-3-15(8-17)20-9-18(31-26-20)12-25-22(28)19-5-6-21-16-7-14(10-24-11-16)13-27(21)23(19)29;/h2-6,8-9,14,16,24H,7,10-13H2,1H3,(H,25,28);1H/t14-,16+;/m0./s1. The van der Waals surface area contributed by atoms with E-state index in [0.29, 0.717) is 29.8 Å². The van der Waals surface area contributed by atoms with Gasteiger partial charge in [-0.3, -0.25) is 9.59 Å². The second-order valence-electron chi connectivity index (χ2n) is 8.14. The van der Waals surface area contributed by atoms with Crippen molar-refractivity contribution in [3.05, 3.63) is 69.8 Å². The Labute approximate surface area is 191 Å². The SMILES string of the molecule is COc1cccc(-c2cc(CNC(=O)c3ccc4n(c3=O)C[C@@H]3CNC[C@H]4C3)on2)c1.Cl. The van der Waals surface area contributed by atoms with E-state index < -0.39 is 5.91 Å². The van der Waals surface area contributed by atoms with Crippen molar-refractivity contribution in [3.63, 3.8) is 0 Å². The zero-order chi connectivity index (χ0) is 21.4. The van der Waals surface area contributed by atoms with E-state index in [1.165, 1.54) is 0 Å². The van der Waals surface area contributed by atoms with E-state index in [0.717, 1.165) is 36.5 Å². The van der Waals surface area contributed by atoms with Crippen molar-refractivity contribution in [2.24, 2.45) is 5.92 Å². The van der Waals surface area contributed by atoms with Gasteiger partial charge in [0.25, 0.3) is 11.5 Å². The minimum atomic E-state index is -0.409. The highest BCUT2D eigenvalue weighted by Gasteiger charge is 2.31. The van der Waals surface area contributed by atoms with Crippen molar-refractivity contribution in [1.29, 1.82) is 0 Å². The number of amides is 1. The van der Waals surface area contributed by atoms with Crippen molar-refractivity contribution in [2.75, 3.05) is 20.2 Å². The molecule has 4 heterocycles. The summed E-state index contributed by atoms with van der Waals surface area (Å²) >= 11 is 0. The largest absolute Gasteiger partial charge is 0.497 e. The lowest BCUT2D eigenvalue weighted by Gasteiger charge is -2.37. The molecule has 2 aromatic heterocycles. The minimum Gasteiger partial charge on any atom is -0.497 e. The average molecular weight is 457 g/mol. The van der Waals surface area contributed by atoms with Crippen molar-refractivity contribution >= 4 is 18.3 Å². The first kappa shape index (κ1) is 22.1. The van der Waals surface area contributed by atoms with Crippen molar-refractivity contribution < 1.29 is 14.1 Å². The van der Waals surface area contributed by atoms with Crippen LogP contribution >= 0.6 is 12.4 Å². The third kappa shape index (κ3) is 4.16. The summed E-state index contributed by atoms with van der Waals surface area (Å²) in [5, 5.41) is 10.3. The number of methoxy groups -OCH3 is 1. The first-order chi connectivity index (χ1) is 15.1. The molecule has 1 amide bonds. The third-order valence-electron chi connectivity index (χ3n) is 6.10. The van der Waals surface area contributed by atoms with Crippen LogP contribution in [0.5, 0.6) is 5.75 Å². The molecule has 8 nitrogen and oxygen atoms in total. The fourth-order valence-corrected chi connectivity index (χ4v) is 4.54. The number of aromatic nitrogens is 2. The number of nitrogens with zero attached hydrogens (tertiary/aromatic N) is 2. The number of fused-ring (bicyclic) bond motifs is 4. The maximum Gasteiger partial charge on any atom is 0.263 e. The number of carbonyl (C=O) groups excluding carboxylic acids is 1. The molecule has 2 bridgehead atoms. The second kappa shape index (κ2) is 9.18. The monoisotopic (exact) mass is 456 g/mol. The molecule has 3 aromatic rings. The lowest BCUT2D eigenvalue weighted by Crippen LogP contribution is -2.46. The van der Waals surface area contributed by atoms with Crippen LogP contribution in [0.1, 0.15) is 34.2 Å². The summed E-state index contributed by atoms with van der Waals surface area (Å²) in [6.45, 7) is 2.60. The number of hydrogen-bond donors (Lipinski definition) is 2. The van der Waals surface area contributed by atoms with E-state index in [4.69, 9.17) is 9.26 Å². The number of nitrogens with one attached hydrogen (secondary N) is 2. The van der Waals surface area contributed by atoms with E-state index in [1.807, 2.05) is 30.3 Å². The summed E-state index contributed by atoms with van der Waals surface area (Å²) in [5.41, 5.74) is 2.46. The number of ether oxygens (including phenoxy) is 1. The van der Waals surface area contributed by atoms with Gasteiger partial charge >= 0.3 is 0 Å². The van der Waals surface area contributed by atoms with Crippen LogP contribution in [-0.4, -0.2) is 35.8 Å². The highest BCUT2D eigenvalue weighted by atomic mass is 35.5. The number of piperidine rings is 1. The van der Waals surface area contributed by atoms with Gasteiger partial charge in [0, 0.05) is 36.3 Å². The molecule has 1 fully saturated rings. The Morgan fingerprint density at radius 3 is 3.00 bits per heavy atom. The maximum absolute atomic E-state index is 13.0. The number of carbonyl (C=O) groups is 1. The minimum absolute atomic E-state index is 0. The van der Waals surface area contributed by atoms with E-state index in [1.54, 1.807) is 23.8 Å². The smallest absolute Gasteiger partial charge is 0.263 e. The van der Waals surface area contributed by atoms with Crippen LogP contribution < -0.4 is 20.9 Å². The molecule has 168 valence electrons. The highest BCUT2D eigenvalue weighted by Crippen LogP contribution is 2.31. The van der Waals surface area contributed by atoms with Crippen molar-refractivity contribution in [3.8, 4) is 17.0 Å². The Hall–Kier alpha value is -3.10. The molecule has 1 saturated heterocycles. The predicted molar refractivity (Wildman–Crippen MR) is 121 cm³/mol. The first-order valence-corrected chi connectivity index (χ1v) is 10.4. The lowest BCUT2D eigenvalue weighted by molar-refractivity contribution is 0.0944. The number of benzene rings is 1. The van der Waals surface area contributed by atoms with Crippen LogP contribution in [0.3, 0.4) is 0 Å². The van der Waals surface area contributed by atoms with Crippen LogP contribution in [-0.2, 0) is 13.1 Å². The summed E-state index contributed by atoms with van der Waals surface area (Å²) in [5.74, 6) is 1.59. The molecule has 0 unspecified atom stereocenters. The fourth-order valence-electron chi connectivity index (χ4n) is 4.54. The van der Waals surface area contributed by atoms with Gasteiger partial charge in [0.15, 0.2) is 5.76 Å². The topological polar surface area (TPSA) is 98.4 Å². The average Bonchev–Trinajstić information content (AvgIpc) is 3.28. The molecule has 32 heavy (non-hydrogen) atoms. The van der Waals surface area contributed by atoms with Crippen LogP contribution in [0.15, 0.2) is 51.8 Å². The molecule has 2 aliphatic heterocycles. The van der Waals surface area contributed by atoms with Gasteiger partial charge in [-0.15, -0.1) is 12.4 Å². The van der Waals surface area contributed by atoms with Crippen LogP contribution in [0.4, 0.5) is 0 Å². The Bertz CT molecular complexity index is 1190. The summed E-state index contributed by atoms with van der Waals surface area (Å²) in [7, 11) is 1.61. The molecule has 5 rings (SSSR count). The summed E-state index contributed by atoms with van der Waals surface area (Å²) in [6.07, 6.45) is 1.10. The van der Waals surface area contributed by atoms with Crippen LogP contribution in [0.25, 0.3) is 11.3 Å². The van der Waals surface area contributed by atoms with Crippen molar-refractivity contribution in [1.82, 2.24) is 20.4 Å². The van der Waals surface area contributed by atoms with E-state index in [9.17, 15) is 9.59 Å². The van der Waals surface area contributed by atoms with Gasteiger partial charge in [-0.1, -0.05) is 17.3 Å². The molecule has 0 spiro atoms. The molecule has 0 radical (unpaired) electrons. The second-order valence-corrected chi connectivity index (χ2v) is 8.14. The highest BCUT2D eigenvalue weighted by molar-refractivity contribution is 5.93. The number of pyridine rings is 1. The third-order valence-corrected chi connectivity index (χ3v) is 6.10. The zero-order valence-corrected chi connectivity index (χ0v) is 18.5. The fraction of sp³-hybridized carbons (Fsp3) is 0.348. The Balaban J connectivity index is 0.00000245. The molecular weight excluding hydrogens is 432 g/mol. The number of halogens is 1. The van der Waals surface area contributed by atoms with Gasteiger partial charge in [0.05, 0.1) is 13.7 Å². The Morgan fingerprint density at radius 1 is 1.28 bits per heavy atom. The van der Waals surface area contributed by atoms with Gasteiger partial charge in [0.2, 0.25) is 0 Å². The number of hydrogen-bond acceptors (Lipinski definition) is 6. The molecule has 9 heteroatoms.